The third-order valence-electron chi connectivity index (χ3n) is 4.40. The van der Waals surface area contributed by atoms with Crippen molar-refractivity contribution in [2.45, 2.75) is 12.2 Å². The van der Waals surface area contributed by atoms with E-state index >= 15 is 0 Å². The summed E-state index contributed by atoms with van der Waals surface area (Å²) in [5, 5.41) is 2.82. The van der Waals surface area contributed by atoms with E-state index in [1.165, 1.54) is 12.1 Å². The number of hydrogen-bond acceptors (Lipinski definition) is 4. The van der Waals surface area contributed by atoms with Crippen LogP contribution in [0.5, 0.6) is 11.5 Å². The fourth-order valence-corrected chi connectivity index (χ4v) is 2.86. The van der Waals surface area contributed by atoms with Gasteiger partial charge in [0.15, 0.2) is 6.61 Å². The highest BCUT2D eigenvalue weighted by Gasteiger charge is 2.30. The zero-order valence-electron chi connectivity index (χ0n) is 16.3. The van der Waals surface area contributed by atoms with Gasteiger partial charge in [0.1, 0.15) is 23.4 Å². The maximum Gasteiger partial charge on any atom is 0.416 e. The molecule has 6 nitrogen and oxygen atoms in total. The highest BCUT2D eigenvalue weighted by Crippen LogP contribution is 2.31. The smallest absolute Gasteiger partial charge is 0.416 e. The van der Waals surface area contributed by atoms with Crippen LogP contribution in [-0.4, -0.2) is 29.2 Å². The van der Waals surface area contributed by atoms with Crippen LogP contribution in [-0.2, 0) is 18.0 Å². The lowest BCUT2D eigenvalue weighted by molar-refractivity contribution is -0.137. The van der Waals surface area contributed by atoms with Gasteiger partial charge in [0.2, 0.25) is 0 Å². The molecule has 0 aliphatic heterocycles. The number of nitrogens with zero attached hydrogens (tertiary/aromatic N) is 2. The Morgan fingerprint density at radius 3 is 2.50 bits per heavy atom. The van der Waals surface area contributed by atoms with Gasteiger partial charge in [0, 0.05) is 19.4 Å². The molecule has 0 radical (unpaired) electrons. The van der Waals surface area contributed by atoms with Crippen molar-refractivity contribution in [2.24, 2.45) is 7.05 Å². The number of halogens is 3. The molecule has 3 rings (SSSR count). The number of ether oxygens (including phenoxy) is 2. The number of hydrogen-bond donors (Lipinski definition) is 1. The molecule has 0 spiro atoms. The van der Waals surface area contributed by atoms with Gasteiger partial charge in [-0.15, -0.1) is 0 Å². The Morgan fingerprint density at radius 2 is 1.90 bits per heavy atom. The number of imidazole rings is 1. The lowest BCUT2D eigenvalue weighted by Crippen LogP contribution is -2.34. The monoisotopic (exact) mass is 419 g/mol. The maximum atomic E-state index is 12.8. The molecule has 1 heterocycles. The summed E-state index contributed by atoms with van der Waals surface area (Å²) in [4.78, 5) is 16.8. The van der Waals surface area contributed by atoms with Crippen LogP contribution in [0.4, 0.5) is 13.2 Å². The molecule has 158 valence electrons. The number of alkyl halides is 3. The lowest BCUT2D eigenvalue weighted by Gasteiger charge is -2.19. The molecule has 0 saturated carbocycles. The minimum atomic E-state index is -4.49. The van der Waals surface area contributed by atoms with E-state index in [1.807, 2.05) is 0 Å². The highest BCUT2D eigenvalue weighted by atomic mass is 19.4. The molecule has 0 saturated heterocycles. The Hall–Kier alpha value is -3.49. The lowest BCUT2D eigenvalue weighted by atomic mass is 10.1. The van der Waals surface area contributed by atoms with Crippen molar-refractivity contribution in [1.82, 2.24) is 14.9 Å². The molecule has 1 atom stereocenters. The fraction of sp³-hybridized carbons (Fsp3) is 0.238. The van der Waals surface area contributed by atoms with Crippen molar-refractivity contribution >= 4 is 5.91 Å². The van der Waals surface area contributed by atoms with E-state index in [1.54, 1.807) is 55.4 Å². The first-order valence-corrected chi connectivity index (χ1v) is 8.98. The van der Waals surface area contributed by atoms with Gasteiger partial charge < -0.3 is 19.4 Å². The minimum Gasteiger partial charge on any atom is -0.497 e. The summed E-state index contributed by atoms with van der Waals surface area (Å²) in [7, 11) is 3.35. The molecule has 1 aromatic heterocycles. The van der Waals surface area contributed by atoms with Crippen LogP contribution in [0.15, 0.2) is 60.9 Å². The molecule has 1 unspecified atom stereocenters. The summed E-state index contributed by atoms with van der Waals surface area (Å²) in [6.07, 6.45) is -1.13. The summed E-state index contributed by atoms with van der Waals surface area (Å²) in [6, 6.07) is 10.9. The van der Waals surface area contributed by atoms with E-state index < -0.39 is 30.3 Å². The summed E-state index contributed by atoms with van der Waals surface area (Å²) in [5.74, 6) is 0.707. The van der Waals surface area contributed by atoms with E-state index in [4.69, 9.17) is 9.47 Å². The number of nitrogens with one attached hydrogen (secondary N) is 1. The van der Waals surface area contributed by atoms with Crippen LogP contribution < -0.4 is 14.8 Å². The molecule has 1 amide bonds. The largest absolute Gasteiger partial charge is 0.497 e. The number of amides is 1. The predicted octanol–water partition coefficient (Wildman–Crippen LogP) is 3.73. The SMILES string of the molecule is COc1ccc(C(NC(=O)COc2cccc(C(F)(F)F)c2)c2nccn2C)cc1. The number of carbonyl (C=O) groups is 1. The van der Waals surface area contributed by atoms with Gasteiger partial charge in [0.05, 0.1) is 12.7 Å². The number of aryl methyl sites for hydroxylation is 1. The number of carbonyl (C=O) groups excluding carboxylic acids is 1. The van der Waals surface area contributed by atoms with Crippen LogP contribution >= 0.6 is 0 Å². The van der Waals surface area contributed by atoms with E-state index in [2.05, 4.69) is 10.3 Å². The predicted molar refractivity (Wildman–Crippen MR) is 103 cm³/mol. The molecular formula is C21H20F3N3O3. The summed E-state index contributed by atoms with van der Waals surface area (Å²) < 4.78 is 50.7. The van der Waals surface area contributed by atoms with Gasteiger partial charge in [-0.25, -0.2) is 4.98 Å². The first-order valence-electron chi connectivity index (χ1n) is 8.98. The molecule has 0 bridgehead atoms. The number of benzene rings is 2. The standard InChI is InChI=1S/C21H20F3N3O3/c1-27-11-10-25-20(27)19(14-6-8-16(29-2)9-7-14)26-18(28)13-30-17-5-3-4-15(12-17)21(22,23)24/h3-12,19H,13H2,1-2H3,(H,26,28). The number of methoxy groups -OCH3 is 1. The first-order chi connectivity index (χ1) is 14.3. The highest BCUT2D eigenvalue weighted by molar-refractivity contribution is 5.78. The summed E-state index contributed by atoms with van der Waals surface area (Å²) in [5.41, 5.74) is -0.0814. The van der Waals surface area contributed by atoms with E-state index in [0.717, 1.165) is 17.7 Å². The van der Waals surface area contributed by atoms with Gasteiger partial charge in [-0.3, -0.25) is 4.79 Å². The molecule has 0 aliphatic carbocycles. The maximum absolute atomic E-state index is 12.8. The average Bonchev–Trinajstić information content (AvgIpc) is 3.16. The van der Waals surface area contributed by atoms with E-state index in [0.29, 0.717) is 11.6 Å². The number of rotatable bonds is 7. The second-order valence-corrected chi connectivity index (χ2v) is 6.48. The molecule has 9 heteroatoms. The normalized spacial score (nSPS) is 12.3. The van der Waals surface area contributed by atoms with Gasteiger partial charge >= 0.3 is 6.18 Å². The van der Waals surface area contributed by atoms with Crippen molar-refractivity contribution in [3.63, 3.8) is 0 Å². The molecule has 0 aliphatic rings. The second kappa shape index (κ2) is 8.89. The van der Waals surface area contributed by atoms with Crippen molar-refractivity contribution in [3.8, 4) is 11.5 Å². The van der Waals surface area contributed by atoms with Gasteiger partial charge in [-0.1, -0.05) is 18.2 Å². The zero-order chi connectivity index (χ0) is 21.7. The Balaban J connectivity index is 1.73. The van der Waals surface area contributed by atoms with Crippen molar-refractivity contribution in [2.75, 3.05) is 13.7 Å². The Kier molecular flexibility index (Phi) is 6.29. The summed E-state index contributed by atoms with van der Waals surface area (Å²) in [6.45, 7) is -0.446. The summed E-state index contributed by atoms with van der Waals surface area (Å²) >= 11 is 0. The Labute approximate surface area is 171 Å². The molecule has 1 N–H and O–H groups in total. The molecule has 0 fully saturated rings. The first kappa shape index (κ1) is 21.2. The Bertz CT molecular complexity index is 1000. The molecule has 2 aromatic carbocycles. The van der Waals surface area contributed by atoms with Crippen molar-refractivity contribution in [3.05, 3.63) is 77.9 Å². The third kappa shape index (κ3) is 5.11. The van der Waals surface area contributed by atoms with Crippen LogP contribution in [0.3, 0.4) is 0 Å². The van der Waals surface area contributed by atoms with Gasteiger partial charge in [-0.05, 0) is 35.9 Å². The number of aromatic nitrogens is 2. The minimum absolute atomic E-state index is 0.0436. The van der Waals surface area contributed by atoms with Crippen molar-refractivity contribution in [1.29, 1.82) is 0 Å². The van der Waals surface area contributed by atoms with Gasteiger partial charge in [0.25, 0.3) is 5.91 Å². The van der Waals surface area contributed by atoms with Gasteiger partial charge in [-0.2, -0.15) is 13.2 Å². The van der Waals surface area contributed by atoms with Crippen LogP contribution in [0.25, 0.3) is 0 Å². The molecule has 30 heavy (non-hydrogen) atoms. The Morgan fingerprint density at radius 1 is 1.17 bits per heavy atom. The quantitative estimate of drug-likeness (QED) is 0.634. The van der Waals surface area contributed by atoms with Crippen LogP contribution in [0.2, 0.25) is 0 Å². The zero-order valence-corrected chi connectivity index (χ0v) is 16.3. The third-order valence-corrected chi connectivity index (χ3v) is 4.40. The molecule has 3 aromatic rings. The van der Waals surface area contributed by atoms with E-state index in [9.17, 15) is 18.0 Å². The topological polar surface area (TPSA) is 65.4 Å². The van der Waals surface area contributed by atoms with Crippen molar-refractivity contribution < 1.29 is 27.4 Å². The molecular weight excluding hydrogens is 399 g/mol. The average molecular weight is 419 g/mol. The van der Waals surface area contributed by atoms with Crippen LogP contribution in [0, 0.1) is 0 Å². The van der Waals surface area contributed by atoms with Crippen LogP contribution in [0.1, 0.15) is 23.0 Å². The second-order valence-electron chi connectivity index (χ2n) is 6.48. The van der Waals surface area contributed by atoms with E-state index in [-0.39, 0.29) is 5.75 Å². The fourth-order valence-electron chi connectivity index (χ4n) is 2.86.